The highest BCUT2D eigenvalue weighted by molar-refractivity contribution is 6.30. The van der Waals surface area contributed by atoms with Gasteiger partial charge in [0.2, 0.25) is 0 Å². The van der Waals surface area contributed by atoms with Crippen LogP contribution >= 0.6 is 11.6 Å². The average Bonchev–Trinajstić information content (AvgIpc) is 2.32. The number of nitrogens with zero attached hydrogens (tertiary/aromatic N) is 2. The van der Waals surface area contributed by atoms with E-state index in [2.05, 4.69) is 15.3 Å². The SMILES string of the molecule is CCCc1nc(Cl)c(C)c(NCC(C)(O)CO)n1. The molecule has 6 heteroatoms. The van der Waals surface area contributed by atoms with Crippen LogP contribution in [-0.2, 0) is 6.42 Å². The molecule has 1 rings (SSSR count). The van der Waals surface area contributed by atoms with Gasteiger partial charge in [0.05, 0.1) is 6.61 Å². The van der Waals surface area contributed by atoms with Gasteiger partial charge in [-0.3, -0.25) is 0 Å². The summed E-state index contributed by atoms with van der Waals surface area (Å²) in [5, 5.41) is 22.1. The van der Waals surface area contributed by atoms with E-state index in [0.717, 1.165) is 18.4 Å². The standard InChI is InChI=1S/C12H20ClN3O2/c1-4-5-9-15-10(13)8(2)11(16-9)14-6-12(3,18)7-17/h17-18H,4-7H2,1-3H3,(H,14,15,16). The van der Waals surface area contributed by atoms with Gasteiger partial charge >= 0.3 is 0 Å². The van der Waals surface area contributed by atoms with Crippen molar-refractivity contribution in [1.82, 2.24) is 9.97 Å². The maximum Gasteiger partial charge on any atom is 0.137 e. The fraction of sp³-hybridized carbons (Fsp3) is 0.667. The summed E-state index contributed by atoms with van der Waals surface area (Å²) in [6.07, 6.45) is 1.69. The molecular formula is C12H20ClN3O2. The zero-order valence-electron chi connectivity index (χ0n) is 11.0. The molecule has 0 saturated carbocycles. The third-order valence-electron chi connectivity index (χ3n) is 2.58. The molecule has 1 heterocycles. The zero-order valence-corrected chi connectivity index (χ0v) is 11.8. The summed E-state index contributed by atoms with van der Waals surface area (Å²) < 4.78 is 0. The van der Waals surface area contributed by atoms with Gasteiger partial charge in [-0.2, -0.15) is 0 Å². The number of aryl methyl sites for hydroxylation is 1. The molecule has 0 radical (unpaired) electrons. The summed E-state index contributed by atoms with van der Waals surface area (Å²) in [6, 6.07) is 0. The molecule has 0 aliphatic carbocycles. The van der Waals surface area contributed by atoms with Crippen LogP contribution in [0, 0.1) is 6.92 Å². The molecule has 0 saturated heterocycles. The van der Waals surface area contributed by atoms with Crippen LogP contribution in [0.3, 0.4) is 0 Å². The third kappa shape index (κ3) is 4.08. The highest BCUT2D eigenvalue weighted by Crippen LogP contribution is 2.20. The second-order valence-electron chi connectivity index (χ2n) is 4.66. The Hall–Kier alpha value is -0.910. The first-order chi connectivity index (χ1) is 8.39. The van der Waals surface area contributed by atoms with Gasteiger partial charge in [-0.1, -0.05) is 18.5 Å². The fourth-order valence-electron chi connectivity index (χ4n) is 1.37. The summed E-state index contributed by atoms with van der Waals surface area (Å²) in [6.45, 7) is 5.28. The molecule has 0 bridgehead atoms. The van der Waals surface area contributed by atoms with Crippen molar-refractivity contribution in [2.45, 2.75) is 39.2 Å². The van der Waals surface area contributed by atoms with Crippen LogP contribution in [0.1, 0.15) is 31.7 Å². The molecule has 1 atom stereocenters. The number of halogens is 1. The van der Waals surface area contributed by atoms with Gasteiger partial charge in [0, 0.05) is 18.5 Å². The van der Waals surface area contributed by atoms with Crippen LogP contribution in [0.25, 0.3) is 0 Å². The Kier molecular flexibility index (Phi) is 5.31. The lowest BCUT2D eigenvalue weighted by Gasteiger charge is -2.22. The van der Waals surface area contributed by atoms with Crippen LogP contribution < -0.4 is 5.32 Å². The second-order valence-corrected chi connectivity index (χ2v) is 5.02. The van der Waals surface area contributed by atoms with Gasteiger partial charge in [-0.05, 0) is 20.3 Å². The Balaban J connectivity index is 2.87. The summed E-state index contributed by atoms with van der Waals surface area (Å²) in [5.41, 5.74) is -0.445. The normalized spacial score (nSPS) is 14.3. The first-order valence-corrected chi connectivity index (χ1v) is 6.37. The molecular weight excluding hydrogens is 254 g/mol. The van der Waals surface area contributed by atoms with Crippen molar-refractivity contribution in [2.75, 3.05) is 18.5 Å². The summed E-state index contributed by atoms with van der Waals surface area (Å²) in [5.74, 6) is 1.28. The van der Waals surface area contributed by atoms with Crippen molar-refractivity contribution in [3.63, 3.8) is 0 Å². The van der Waals surface area contributed by atoms with Crippen molar-refractivity contribution < 1.29 is 10.2 Å². The van der Waals surface area contributed by atoms with Crippen LogP contribution in [0.5, 0.6) is 0 Å². The molecule has 0 aliphatic heterocycles. The largest absolute Gasteiger partial charge is 0.393 e. The summed E-state index contributed by atoms with van der Waals surface area (Å²) >= 11 is 6.04. The number of nitrogens with one attached hydrogen (secondary N) is 1. The average molecular weight is 274 g/mol. The summed E-state index contributed by atoms with van der Waals surface area (Å²) in [4.78, 5) is 8.55. The monoisotopic (exact) mass is 273 g/mol. The van der Waals surface area contributed by atoms with Crippen molar-refractivity contribution >= 4 is 17.4 Å². The van der Waals surface area contributed by atoms with Gasteiger partial charge in [0.1, 0.15) is 22.4 Å². The maximum absolute atomic E-state index is 9.73. The highest BCUT2D eigenvalue weighted by atomic mass is 35.5. The van der Waals surface area contributed by atoms with Crippen LogP contribution in [0.15, 0.2) is 0 Å². The molecule has 5 nitrogen and oxygen atoms in total. The molecule has 3 N–H and O–H groups in total. The van der Waals surface area contributed by atoms with E-state index in [-0.39, 0.29) is 13.2 Å². The lowest BCUT2D eigenvalue weighted by molar-refractivity contribution is 0.0131. The van der Waals surface area contributed by atoms with Crippen LogP contribution in [0.4, 0.5) is 5.82 Å². The Bertz CT molecular complexity index is 411. The Morgan fingerprint density at radius 2 is 2.06 bits per heavy atom. The second kappa shape index (κ2) is 6.31. The van der Waals surface area contributed by atoms with Crippen molar-refractivity contribution in [2.24, 2.45) is 0 Å². The van der Waals surface area contributed by atoms with E-state index in [9.17, 15) is 5.11 Å². The van der Waals surface area contributed by atoms with Gasteiger partial charge in [-0.25, -0.2) is 9.97 Å². The number of rotatable bonds is 6. The number of aromatic nitrogens is 2. The number of hydrogen-bond donors (Lipinski definition) is 3. The Morgan fingerprint density at radius 3 is 2.61 bits per heavy atom. The predicted octanol–water partition coefficient (Wildman–Crippen LogP) is 1.55. The first kappa shape index (κ1) is 15.1. The van der Waals surface area contributed by atoms with Crippen LogP contribution in [0.2, 0.25) is 5.15 Å². The lowest BCUT2D eigenvalue weighted by Crippen LogP contribution is -2.37. The summed E-state index contributed by atoms with van der Waals surface area (Å²) in [7, 11) is 0. The smallest absolute Gasteiger partial charge is 0.137 e. The number of aliphatic hydroxyl groups is 2. The molecule has 18 heavy (non-hydrogen) atoms. The third-order valence-corrected chi connectivity index (χ3v) is 2.95. The van der Waals surface area contributed by atoms with Gasteiger partial charge in [0.25, 0.3) is 0 Å². The van der Waals surface area contributed by atoms with E-state index in [1.807, 2.05) is 13.8 Å². The molecule has 0 aliphatic rings. The minimum atomic E-state index is -1.19. The molecule has 0 spiro atoms. The van der Waals surface area contributed by atoms with Crippen molar-refractivity contribution in [1.29, 1.82) is 0 Å². The Labute approximate surface area is 112 Å². The zero-order chi connectivity index (χ0) is 13.8. The van der Waals surface area contributed by atoms with Crippen molar-refractivity contribution in [3.05, 3.63) is 16.5 Å². The van der Waals surface area contributed by atoms with E-state index >= 15 is 0 Å². The van der Waals surface area contributed by atoms with E-state index in [0.29, 0.717) is 16.8 Å². The van der Waals surface area contributed by atoms with E-state index < -0.39 is 5.60 Å². The first-order valence-electron chi connectivity index (χ1n) is 5.99. The number of aliphatic hydroxyl groups excluding tert-OH is 1. The molecule has 1 aromatic heterocycles. The van der Waals surface area contributed by atoms with Gasteiger partial charge in [-0.15, -0.1) is 0 Å². The quantitative estimate of drug-likeness (QED) is 0.686. The van der Waals surface area contributed by atoms with Crippen molar-refractivity contribution in [3.8, 4) is 0 Å². The molecule has 1 unspecified atom stereocenters. The van der Waals surface area contributed by atoms with Crippen LogP contribution in [-0.4, -0.2) is 38.9 Å². The minimum absolute atomic E-state index is 0.198. The van der Waals surface area contributed by atoms with E-state index in [1.54, 1.807) is 6.92 Å². The lowest BCUT2D eigenvalue weighted by atomic mass is 10.1. The molecule has 1 aromatic rings. The molecule has 0 aromatic carbocycles. The van der Waals surface area contributed by atoms with E-state index in [4.69, 9.17) is 16.7 Å². The molecule has 102 valence electrons. The van der Waals surface area contributed by atoms with Gasteiger partial charge < -0.3 is 15.5 Å². The highest BCUT2D eigenvalue weighted by Gasteiger charge is 2.19. The maximum atomic E-state index is 9.73. The minimum Gasteiger partial charge on any atom is -0.393 e. The van der Waals surface area contributed by atoms with Gasteiger partial charge in [0.15, 0.2) is 0 Å². The fourth-order valence-corrected chi connectivity index (χ4v) is 1.56. The topological polar surface area (TPSA) is 78.3 Å². The predicted molar refractivity (Wildman–Crippen MR) is 72.0 cm³/mol. The molecule has 0 fully saturated rings. The molecule has 0 amide bonds. The number of hydrogen-bond acceptors (Lipinski definition) is 5. The Morgan fingerprint density at radius 1 is 1.39 bits per heavy atom. The number of anilines is 1. The van der Waals surface area contributed by atoms with E-state index in [1.165, 1.54) is 0 Å².